The van der Waals surface area contributed by atoms with Gasteiger partial charge in [0.15, 0.2) is 0 Å². The van der Waals surface area contributed by atoms with E-state index in [-0.39, 0.29) is 0 Å². The van der Waals surface area contributed by atoms with E-state index in [1.54, 1.807) is 0 Å². The van der Waals surface area contributed by atoms with Gasteiger partial charge in [0.2, 0.25) is 0 Å². The molecule has 0 saturated carbocycles. The minimum Gasteiger partial charge on any atom is -0.261 e. The quantitative estimate of drug-likeness (QED) is 0.744. The van der Waals surface area contributed by atoms with Gasteiger partial charge >= 0.3 is 0 Å². The Morgan fingerprint density at radius 2 is 2.07 bits per heavy atom. The molecule has 2 rings (SSSR count). The molecule has 0 spiro atoms. The van der Waals surface area contributed by atoms with Crippen LogP contribution in [0.1, 0.15) is 55.7 Å². The van der Waals surface area contributed by atoms with Crippen molar-refractivity contribution in [1.82, 2.24) is 4.98 Å². The second-order valence-corrected chi connectivity index (χ2v) is 6.03. The molecule has 1 aliphatic rings. The molecule has 0 fully saturated rings. The van der Waals surface area contributed by atoms with Gasteiger partial charge in [0.05, 0.1) is 0 Å². The maximum Gasteiger partial charge on any atom is 0.0475 e. The highest BCUT2D eigenvalue weighted by molar-refractivity contribution is 7.99. The van der Waals surface area contributed by atoms with Gasteiger partial charge in [-0.25, -0.2) is 0 Å². The predicted molar refractivity (Wildman–Crippen MR) is 67.2 cm³/mol. The molecule has 0 aliphatic carbocycles. The van der Waals surface area contributed by atoms with E-state index in [1.807, 2.05) is 6.20 Å². The number of rotatable bonds is 2. The molecular formula is C13H19NS. The number of pyridine rings is 1. The minimum absolute atomic E-state index is 0.542. The zero-order valence-corrected chi connectivity index (χ0v) is 10.8. The summed E-state index contributed by atoms with van der Waals surface area (Å²) >= 11 is 2.07. The molecule has 1 unspecified atom stereocenters. The average molecular weight is 221 g/mol. The topological polar surface area (TPSA) is 12.9 Å². The van der Waals surface area contributed by atoms with E-state index in [4.69, 9.17) is 0 Å². The number of aromatic nitrogens is 1. The van der Waals surface area contributed by atoms with Crippen LogP contribution < -0.4 is 0 Å². The summed E-state index contributed by atoms with van der Waals surface area (Å²) in [4.78, 5) is 4.57. The fourth-order valence-corrected chi connectivity index (χ4v) is 3.67. The Morgan fingerprint density at radius 1 is 1.33 bits per heavy atom. The molecule has 2 heterocycles. The lowest BCUT2D eigenvalue weighted by atomic mass is 9.93. The minimum atomic E-state index is 0.542. The fourth-order valence-electron chi connectivity index (χ4n) is 2.23. The third kappa shape index (κ3) is 1.92. The number of thioether (sulfide) groups is 1. The van der Waals surface area contributed by atoms with Crippen molar-refractivity contribution >= 4 is 11.8 Å². The van der Waals surface area contributed by atoms with Crippen molar-refractivity contribution in [2.24, 2.45) is 5.92 Å². The molecule has 0 amide bonds. The van der Waals surface area contributed by atoms with Crippen LogP contribution in [0.5, 0.6) is 0 Å². The summed E-state index contributed by atoms with van der Waals surface area (Å²) in [6.45, 7) is 9.10. The summed E-state index contributed by atoms with van der Waals surface area (Å²) in [6.07, 6.45) is 1.97. The van der Waals surface area contributed by atoms with E-state index in [9.17, 15) is 0 Å². The Kier molecular flexibility index (Phi) is 3.06. The van der Waals surface area contributed by atoms with Gasteiger partial charge in [-0.1, -0.05) is 27.7 Å². The monoisotopic (exact) mass is 221 g/mol. The van der Waals surface area contributed by atoms with Crippen molar-refractivity contribution in [3.8, 4) is 0 Å². The molecule has 0 bridgehead atoms. The Labute approximate surface area is 96.7 Å². The molecule has 82 valence electrons. The lowest BCUT2D eigenvalue weighted by Gasteiger charge is -2.19. The van der Waals surface area contributed by atoms with Crippen molar-refractivity contribution in [1.29, 1.82) is 0 Å². The van der Waals surface area contributed by atoms with Crippen LogP contribution in [0.2, 0.25) is 0 Å². The third-order valence-electron chi connectivity index (χ3n) is 2.97. The summed E-state index contributed by atoms with van der Waals surface area (Å²) < 4.78 is 0. The number of hydrogen-bond acceptors (Lipinski definition) is 2. The van der Waals surface area contributed by atoms with E-state index in [2.05, 4.69) is 50.5 Å². The molecule has 0 aromatic carbocycles. The highest BCUT2D eigenvalue weighted by atomic mass is 32.2. The van der Waals surface area contributed by atoms with Gasteiger partial charge in [-0.15, -0.1) is 11.8 Å². The number of hydrogen-bond donors (Lipinski definition) is 0. The van der Waals surface area contributed by atoms with E-state index >= 15 is 0 Å². The van der Waals surface area contributed by atoms with Crippen LogP contribution in [0, 0.1) is 5.92 Å². The number of nitrogens with zero attached hydrogens (tertiary/aromatic N) is 1. The normalized spacial score (nSPS) is 20.0. The molecule has 2 heteroatoms. The first-order valence-corrected chi connectivity index (χ1v) is 6.75. The standard InChI is InChI=1S/C13H19NS/c1-8(2)12-11-10(5-6-14-12)7-15-13(11)9(3)4/h5-6,8-9,13H,7H2,1-4H3. The van der Waals surface area contributed by atoms with E-state index < -0.39 is 0 Å². The lowest BCUT2D eigenvalue weighted by Crippen LogP contribution is -2.06. The van der Waals surface area contributed by atoms with Crippen molar-refractivity contribution in [3.63, 3.8) is 0 Å². The summed E-state index contributed by atoms with van der Waals surface area (Å²) in [5.74, 6) is 2.42. The molecular weight excluding hydrogens is 202 g/mol. The van der Waals surface area contributed by atoms with Crippen LogP contribution in [0.3, 0.4) is 0 Å². The fraction of sp³-hybridized carbons (Fsp3) is 0.615. The third-order valence-corrected chi connectivity index (χ3v) is 4.58. The van der Waals surface area contributed by atoms with Crippen molar-refractivity contribution in [3.05, 3.63) is 29.1 Å². The first kappa shape index (κ1) is 11.0. The maximum atomic E-state index is 4.57. The molecule has 1 aliphatic heterocycles. The summed E-state index contributed by atoms with van der Waals surface area (Å²) in [7, 11) is 0. The summed E-state index contributed by atoms with van der Waals surface area (Å²) in [5.41, 5.74) is 4.36. The van der Waals surface area contributed by atoms with Crippen molar-refractivity contribution in [2.75, 3.05) is 0 Å². The lowest BCUT2D eigenvalue weighted by molar-refractivity contribution is 0.623. The van der Waals surface area contributed by atoms with Crippen LogP contribution in [0.15, 0.2) is 12.3 Å². The number of fused-ring (bicyclic) bond motifs is 1. The zero-order chi connectivity index (χ0) is 11.0. The Hall–Kier alpha value is -0.500. The molecule has 1 aromatic heterocycles. The Balaban J connectivity index is 2.48. The van der Waals surface area contributed by atoms with Gasteiger partial charge in [0, 0.05) is 22.9 Å². The second-order valence-electron chi connectivity index (χ2n) is 4.90. The smallest absolute Gasteiger partial charge is 0.0475 e. The van der Waals surface area contributed by atoms with Gasteiger partial charge in [-0.05, 0) is 29.0 Å². The van der Waals surface area contributed by atoms with Crippen LogP contribution in [0.4, 0.5) is 0 Å². The van der Waals surface area contributed by atoms with Gasteiger partial charge in [0.1, 0.15) is 0 Å². The maximum absolute atomic E-state index is 4.57. The highest BCUT2D eigenvalue weighted by Crippen LogP contribution is 2.48. The van der Waals surface area contributed by atoms with Gasteiger partial charge in [-0.3, -0.25) is 4.98 Å². The predicted octanol–water partition coefficient (Wildman–Crippen LogP) is 4.15. The molecule has 0 saturated heterocycles. The molecule has 0 radical (unpaired) electrons. The van der Waals surface area contributed by atoms with Gasteiger partial charge in [-0.2, -0.15) is 0 Å². The summed E-state index contributed by atoms with van der Waals surface area (Å²) in [5, 5.41) is 0.658. The molecule has 1 atom stereocenters. The second kappa shape index (κ2) is 4.17. The SMILES string of the molecule is CC(C)c1nccc2c1C(C(C)C)SC2. The van der Waals surface area contributed by atoms with Crippen LogP contribution in [-0.4, -0.2) is 4.98 Å². The first-order valence-electron chi connectivity index (χ1n) is 5.70. The molecule has 1 nitrogen and oxygen atoms in total. The van der Waals surface area contributed by atoms with Crippen molar-refractivity contribution < 1.29 is 0 Å². The molecule has 0 N–H and O–H groups in total. The highest BCUT2D eigenvalue weighted by Gasteiger charge is 2.29. The van der Waals surface area contributed by atoms with E-state index in [1.165, 1.54) is 22.6 Å². The van der Waals surface area contributed by atoms with Crippen LogP contribution in [-0.2, 0) is 5.75 Å². The summed E-state index contributed by atoms with van der Waals surface area (Å²) in [6, 6.07) is 2.19. The Bertz CT molecular complexity index is 358. The largest absolute Gasteiger partial charge is 0.261 e. The zero-order valence-electron chi connectivity index (χ0n) is 9.95. The van der Waals surface area contributed by atoms with Gasteiger partial charge in [0.25, 0.3) is 0 Å². The molecule has 15 heavy (non-hydrogen) atoms. The van der Waals surface area contributed by atoms with Crippen molar-refractivity contribution in [2.45, 2.75) is 44.6 Å². The molecule has 1 aromatic rings. The van der Waals surface area contributed by atoms with Crippen LogP contribution >= 0.6 is 11.8 Å². The first-order chi connectivity index (χ1) is 7.11. The van der Waals surface area contributed by atoms with E-state index in [0.717, 1.165) is 0 Å². The van der Waals surface area contributed by atoms with Gasteiger partial charge < -0.3 is 0 Å². The van der Waals surface area contributed by atoms with Crippen LogP contribution in [0.25, 0.3) is 0 Å². The van der Waals surface area contributed by atoms with E-state index in [0.29, 0.717) is 17.1 Å². The average Bonchev–Trinajstić information content (AvgIpc) is 2.60. The Morgan fingerprint density at radius 3 is 2.67 bits per heavy atom.